The molecule has 0 unspecified atom stereocenters. The van der Waals surface area contributed by atoms with Gasteiger partial charge in [-0.25, -0.2) is 8.42 Å². The van der Waals surface area contributed by atoms with Gasteiger partial charge in [-0.2, -0.15) is 0 Å². The van der Waals surface area contributed by atoms with E-state index in [1.165, 1.54) is 0 Å². The number of ether oxygens (including phenoxy) is 1. The molecule has 1 aromatic rings. The van der Waals surface area contributed by atoms with Gasteiger partial charge >= 0.3 is 0 Å². The molecule has 1 rings (SSSR count). The Morgan fingerprint density at radius 3 is 2.70 bits per heavy atom. The van der Waals surface area contributed by atoms with Crippen molar-refractivity contribution in [1.29, 1.82) is 0 Å². The minimum absolute atomic E-state index is 0.0415. The fourth-order valence-corrected chi connectivity index (χ4v) is 2.22. The van der Waals surface area contributed by atoms with Gasteiger partial charge in [0.25, 0.3) is 0 Å². The number of benzene rings is 1. The first-order valence-electron chi connectivity index (χ1n) is 6.47. The van der Waals surface area contributed by atoms with Crippen molar-refractivity contribution < 1.29 is 13.2 Å². The maximum Gasteiger partial charge on any atom is 0.153 e. The number of halogens is 1. The highest BCUT2D eigenvalue weighted by Gasteiger charge is 2.07. The Morgan fingerprint density at radius 1 is 1.35 bits per heavy atom. The minimum Gasteiger partial charge on any atom is -0.493 e. The van der Waals surface area contributed by atoms with Gasteiger partial charge in [0, 0.05) is 23.6 Å². The molecule has 0 spiro atoms. The topological polar surface area (TPSA) is 43.4 Å². The van der Waals surface area contributed by atoms with Crippen molar-refractivity contribution in [3.05, 3.63) is 29.3 Å². The second kappa shape index (κ2) is 8.18. The van der Waals surface area contributed by atoms with E-state index >= 15 is 0 Å². The van der Waals surface area contributed by atoms with Crippen LogP contribution in [-0.2, 0) is 9.84 Å². The lowest BCUT2D eigenvalue weighted by molar-refractivity contribution is 0.340. The zero-order valence-electron chi connectivity index (χ0n) is 11.8. The SMILES string of the molecule is CCS(=O)(=O)CCOc1ccc(C#CCCCl)c(C)c1. The molecule has 0 aromatic heterocycles. The minimum atomic E-state index is -2.98. The van der Waals surface area contributed by atoms with E-state index in [9.17, 15) is 8.42 Å². The molecule has 0 N–H and O–H groups in total. The number of hydrogen-bond donors (Lipinski definition) is 0. The second-order valence-corrected chi connectivity index (χ2v) is 7.15. The molecule has 0 aliphatic rings. The maximum absolute atomic E-state index is 11.3. The van der Waals surface area contributed by atoms with Gasteiger partial charge in [-0.1, -0.05) is 18.8 Å². The average Bonchev–Trinajstić information content (AvgIpc) is 2.41. The molecule has 0 radical (unpaired) electrons. The molecular formula is C15H19ClO3S. The summed E-state index contributed by atoms with van der Waals surface area (Å²) in [6, 6.07) is 5.54. The predicted octanol–water partition coefficient (Wildman–Crippen LogP) is 2.79. The number of alkyl halides is 1. The Balaban J connectivity index is 2.62. The highest BCUT2D eigenvalue weighted by Crippen LogP contribution is 2.16. The summed E-state index contributed by atoms with van der Waals surface area (Å²) in [5, 5.41) is 0. The zero-order chi connectivity index (χ0) is 15.0. The van der Waals surface area contributed by atoms with E-state index in [1.54, 1.807) is 13.0 Å². The van der Waals surface area contributed by atoms with E-state index < -0.39 is 9.84 Å². The Hall–Kier alpha value is -1.18. The van der Waals surface area contributed by atoms with Crippen molar-refractivity contribution in [1.82, 2.24) is 0 Å². The van der Waals surface area contributed by atoms with Crippen molar-refractivity contribution in [3.8, 4) is 17.6 Å². The third-order valence-corrected chi connectivity index (χ3v) is 4.60. The Morgan fingerprint density at radius 2 is 2.10 bits per heavy atom. The maximum atomic E-state index is 11.3. The van der Waals surface area contributed by atoms with Crippen LogP contribution in [0.3, 0.4) is 0 Å². The normalized spacial score (nSPS) is 10.8. The molecule has 0 amide bonds. The summed E-state index contributed by atoms with van der Waals surface area (Å²) in [7, 11) is -2.98. The predicted molar refractivity (Wildman–Crippen MR) is 83.2 cm³/mol. The molecular weight excluding hydrogens is 296 g/mol. The smallest absolute Gasteiger partial charge is 0.153 e. The largest absolute Gasteiger partial charge is 0.493 e. The molecule has 20 heavy (non-hydrogen) atoms. The summed E-state index contributed by atoms with van der Waals surface area (Å²) < 4.78 is 28.2. The summed E-state index contributed by atoms with van der Waals surface area (Å²) in [4.78, 5) is 0. The van der Waals surface area contributed by atoms with Crippen molar-refractivity contribution >= 4 is 21.4 Å². The zero-order valence-corrected chi connectivity index (χ0v) is 13.4. The molecule has 0 atom stereocenters. The van der Waals surface area contributed by atoms with E-state index in [4.69, 9.17) is 16.3 Å². The average molecular weight is 315 g/mol. The van der Waals surface area contributed by atoms with Gasteiger partial charge in [-0.3, -0.25) is 0 Å². The summed E-state index contributed by atoms with van der Waals surface area (Å²) in [6.45, 7) is 3.75. The molecule has 0 saturated heterocycles. The van der Waals surface area contributed by atoms with Gasteiger partial charge < -0.3 is 4.74 Å². The fraction of sp³-hybridized carbons (Fsp3) is 0.467. The lowest BCUT2D eigenvalue weighted by Gasteiger charge is -2.07. The van der Waals surface area contributed by atoms with Gasteiger partial charge in [-0.05, 0) is 30.7 Å². The van der Waals surface area contributed by atoms with E-state index in [0.717, 1.165) is 11.1 Å². The standard InChI is InChI=1S/C15H19ClO3S/c1-3-20(17,18)11-10-19-15-8-7-14(13(2)12-15)6-4-5-9-16/h7-8,12H,3,5,9-11H2,1-2H3. The van der Waals surface area contributed by atoms with E-state index in [0.29, 0.717) is 18.1 Å². The summed E-state index contributed by atoms with van der Waals surface area (Å²) in [6.07, 6.45) is 0.661. The molecule has 0 aliphatic heterocycles. The van der Waals surface area contributed by atoms with Crippen LogP contribution < -0.4 is 4.74 Å². The third-order valence-electron chi connectivity index (χ3n) is 2.74. The van der Waals surface area contributed by atoms with Crippen LogP contribution in [0.25, 0.3) is 0 Å². The van der Waals surface area contributed by atoms with Crippen molar-refractivity contribution in [2.24, 2.45) is 0 Å². The molecule has 1 aromatic carbocycles. The Bertz CT molecular complexity index is 597. The van der Waals surface area contributed by atoms with Gasteiger partial charge in [0.2, 0.25) is 0 Å². The molecule has 0 bridgehead atoms. The van der Waals surface area contributed by atoms with Gasteiger partial charge in [-0.15, -0.1) is 11.6 Å². The summed E-state index contributed by atoms with van der Waals surface area (Å²) >= 11 is 5.57. The quantitative estimate of drug-likeness (QED) is 0.599. The first kappa shape index (κ1) is 16.9. The Labute approximate surface area is 126 Å². The van der Waals surface area contributed by atoms with E-state index in [-0.39, 0.29) is 18.1 Å². The van der Waals surface area contributed by atoms with Crippen LogP contribution in [-0.4, -0.2) is 32.4 Å². The molecule has 5 heteroatoms. The van der Waals surface area contributed by atoms with Crippen LogP contribution >= 0.6 is 11.6 Å². The molecule has 0 aliphatic carbocycles. The molecule has 3 nitrogen and oxygen atoms in total. The van der Waals surface area contributed by atoms with Crippen LogP contribution in [0.4, 0.5) is 0 Å². The molecule has 0 saturated carbocycles. The van der Waals surface area contributed by atoms with Crippen LogP contribution in [0.1, 0.15) is 24.5 Å². The first-order valence-corrected chi connectivity index (χ1v) is 8.83. The van der Waals surface area contributed by atoms with Crippen molar-refractivity contribution in [2.45, 2.75) is 20.3 Å². The van der Waals surface area contributed by atoms with Crippen LogP contribution in [0.2, 0.25) is 0 Å². The third kappa shape index (κ3) is 5.85. The van der Waals surface area contributed by atoms with Crippen LogP contribution in [0, 0.1) is 18.8 Å². The monoisotopic (exact) mass is 314 g/mol. The summed E-state index contributed by atoms with van der Waals surface area (Å²) in [5.74, 6) is 7.40. The van der Waals surface area contributed by atoms with Gasteiger partial charge in [0.1, 0.15) is 12.4 Å². The highest BCUT2D eigenvalue weighted by molar-refractivity contribution is 7.91. The van der Waals surface area contributed by atoms with Crippen LogP contribution in [0.5, 0.6) is 5.75 Å². The Kier molecular flexibility index (Phi) is 6.90. The van der Waals surface area contributed by atoms with Gasteiger partial charge in [0.15, 0.2) is 9.84 Å². The molecule has 110 valence electrons. The van der Waals surface area contributed by atoms with E-state index in [2.05, 4.69) is 11.8 Å². The second-order valence-electron chi connectivity index (χ2n) is 4.30. The van der Waals surface area contributed by atoms with Gasteiger partial charge in [0.05, 0.1) is 5.75 Å². The lowest BCUT2D eigenvalue weighted by atomic mass is 10.1. The first-order chi connectivity index (χ1) is 9.48. The lowest BCUT2D eigenvalue weighted by Crippen LogP contribution is -2.15. The van der Waals surface area contributed by atoms with Crippen molar-refractivity contribution in [3.63, 3.8) is 0 Å². The fourth-order valence-electron chi connectivity index (χ4n) is 1.50. The molecule has 0 fully saturated rings. The summed E-state index contributed by atoms with van der Waals surface area (Å²) in [5.41, 5.74) is 1.94. The number of hydrogen-bond acceptors (Lipinski definition) is 3. The molecule has 0 heterocycles. The number of aryl methyl sites for hydroxylation is 1. The number of sulfone groups is 1. The number of rotatable bonds is 6. The van der Waals surface area contributed by atoms with Crippen LogP contribution in [0.15, 0.2) is 18.2 Å². The van der Waals surface area contributed by atoms with Crippen molar-refractivity contribution in [2.75, 3.05) is 24.0 Å². The van der Waals surface area contributed by atoms with E-state index in [1.807, 2.05) is 19.1 Å². The highest BCUT2D eigenvalue weighted by atomic mass is 35.5.